The van der Waals surface area contributed by atoms with Crippen molar-refractivity contribution < 1.29 is 14.3 Å². The van der Waals surface area contributed by atoms with Crippen LogP contribution in [0.15, 0.2) is 36.4 Å². The van der Waals surface area contributed by atoms with Crippen LogP contribution >= 0.6 is 0 Å². The van der Waals surface area contributed by atoms with Gasteiger partial charge in [-0.25, -0.2) is 4.39 Å². The summed E-state index contributed by atoms with van der Waals surface area (Å²) >= 11 is 0. The molecule has 2 N–H and O–H groups in total. The van der Waals surface area contributed by atoms with E-state index in [-0.39, 0.29) is 0 Å². The van der Waals surface area contributed by atoms with Gasteiger partial charge in [0.05, 0.1) is 11.6 Å². The van der Waals surface area contributed by atoms with Crippen LogP contribution in [0.4, 0.5) is 10.1 Å². The van der Waals surface area contributed by atoms with E-state index in [9.17, 15) is 14.3 Å². The van der Waals surface area contributed by atoms with Crippen LogP contribution < -0.4 is 5.32 Å². The quantitative estimate of drug-likeness (QED) is 0.881. The first-order valence-corrected chi connectivity index (χ1v) is 5.82. The monoisotopic (exact) mass is 270 g/mol. The van der Waals surface area contributed by atoms with Crippen molar-refractivity contribution in [2.24, 2.45) is 0 Å². The van der Waals surface area contributed by atoms with E-state index in [1.807, 2.05) is 6.07 Å². The fourth-order valence-corrected chi connectivity index (χ4v) is 1.75. The maximum Gasteiger partial charge on any atom is 0.262 e. The number of benzene rings is 2. The second kappa shape index (κ2) is 5.41. The summed E-state index contributed by atoms with van der Waals surface area (Å²) in [7, 11) is 0. The second-order valence-corrected chi connectivity index (χ2v) is 4.23. The maximum absolute atomic E-state index is 13.6. The van der Waals surface area contributed by atoms with E-state index in [4.69, 9.17) is 5.26 Å². The topological polar surface area (TPSA) is 73.1 Å². The van der Waals surface area contributed by atoms with Gasteiger partial charge in [-0.2, -0.15) is 5.26 Å². The van der Waals surface area contributed by atoms with Crippen molar-refractivity contribution in [3.05, 3.63) is 58.9 Å². The average molecular weight is 270 g/mol. The van der Waals surface area contributed by atoms with E-state index in [2.05, 4.69) is 5.32 Å². The lowest BCUT2D eigenvalue weighted by Crippen LogP contribution is -2.15. The van der Waals surface area contributed by atoms with E-state index in [1.165, 1.54) is 18.2 Å². The molecule has 0 aliphatic heterocycles. The maximum atomic E-state index is 13.6. The van der Waals surface area contributed by atoms with Crippen molar-refractivity contribution in [3.8, 4) is 11.8 Å². The van der Waals surface area contributed by atoms with Crippen LogP contribution in [-0.2, 0) is 0 Å². The van der Waals surface area contributed by atoms with Gasteiger partial charge in [-0.05, 0) is 36.8 Å². The van der Waals surface area contributed by atoms with Gasteiger partial charge in [0.25, 0.3) is 5.91 Å². The lowest BCUT2D eigenvalue weighted by Gasteiger charge is -2.10. The SMILES string of the molecule is Cc1ccc(C#N)cc1NC(=O)c1c(O)cccc1F. The molecule has 20 heavy (non-hydrogen) atoms. The Labute approximate surface area is 115 Å². The highest BCUT2D eigenvalue weighted by atomic mass is 19.1. The number of aryl methyl sites for hydroxylation is 1. The van der Waals surface area contributed by atoms with Gasteiger partial charge in [0.2, 0.25) is 0 Å². The molecule has 0 fully saturated rings. The number of nitrogens with zero attached hydrogens (tertiary/aromatic N) is 1. The molecule has 2 aromatic rings. The summed E-state index contributed by atoms with van der Waals surface area (Å²) < 4.78 is 13.6. The summed E-state index contributed by atoms with van der Waals surface area (Å²) in [4.78, 5) is 12.0. The Hall–Kier alpha value is -2.87. The number of amides is 1. The molecule has 0 heterocycles. The predicted molar refractivity (Wildman–Crippen MR) is 71.9 cm³/mol. The largest absolute Gasteiger partial charge is 0.507 e. The van der Waals surface area contributed by atoms with Crippen LogP contribution in [0, 0.1) is 24.1 Å². The molecule has 4 nitrogen and oxygen atoms in total. The number of hydrogen-bond donors (Lipinski definition) is 2. The lowest BCUT2D eigenvalue weighted by molar-refractivity contribution is 0.102. The number of rotatable bonds is 2. The number of halogens is 1. The van der Waals surface area contributed by atoms with Gasteiger partial charge in [0.15, 0.2) is 0 Å². The van der Waals surface area contributed by atoms with Gasteiger partial charge >= 0.3 is 0 Å². The smallest absolute Gasteiger partial charge is 0.262 e. The third-order valence-corrected chi connectivity index (χ3v) is 2.83. The van der Waals surface area contributed by atoms with E-state index in [0.29, 0.717) is 11.3 Å². The Bertz CT molecular complexity index is 700. The van der Waals surface area contributed by atoms with Crippen LogP contribution in [0.5, 0.6) is 5.75 Å². The summed E-state index contributed by atoms with van der Waals surface area (Å²) in [6.45, 7) is 1.75. The van der Waals surface area contributed by atoms with Crippen LogP contribution in [0.2, 0.25) is 0 Å². The molecule has 0 saturated heterocycles. The Morgan fingerprint density at radius 2 is 2.10 bits per heavy atom. The molecule has 0 unspecified atom stereocenters. The minimum atomic E-state index is -0.809. The van der Waals surface area contributed by atoms with Crippen LogP contribution in [0.25, 0.3) is 0 Å². The molecular formula is C15H11FN2O2. The number of anilines is 1. The third-order valence-electron chi connectivity index (χ3n) is 2.83. The first kappa shape index (κ1) is 13.6. The average Bonchev–Trinajstić information content (AvgIpc) is 2.41. The number of phenols is 1. The number of carbonyl (C=O) groups is 1. The molecule has 0 aromatic heterocycles. The summed E-state index contributed by atoms with van der Waals surface area (Å²) in [5, 5.41) is 20.9. The van der Waals surface area contributed by atoms with E-state index >= 15 is 0 Å². The Kier molecular flexibility index (Phi) is 3.67. The van der Waals surface area contributed by atoms with Crippen LogP contribution in [0.3, 0.4) is 0 Å². The number of aromatic hydroxyl groups is 1. The van der Waals surface area contributed by atoms with Crippen molar-refractivity contribution >= 4 is 11.6 Å². The highest BCUT2D eigenvalue weighted by Crippen LogP contribution is 2.23. The van der Waals surface area contributed by atoms with Crippen molar-refractivity contribution in [2.45, 2.75) is 6.92 Å². The van der Waals surface area contributed by atoms with Crippen molar-refractivity contribution in [1.82, 2.24) is 0 Å². The number of nitriles is 1. The van der Waals surface area contributed by atoms with E-state index in [1.54, 1.807) is 19.1 Å². The Morgan fingerprint density at radius 1 is 1.35 bits per heavy atom. The predicted octanol–water partition coefficient (Wildman–Crippen LogP) is 2.96. The minimum Gasteiger partial charge on any atom is -0.507 e. The fraction of sp³-hybridized carbons (Fsp3) is 0.0667. The van der Waals surface area contributed by atoms with Crippen LogP contribution in [-0.4, -0.2) is 11.0 Å². The summed E-state index contributed by atoms with van der Waals surface area (Å²) in [5.41, 5.74) is 1.09. The molecule has 100 valence electrons. The molecule has 0 aliphatic carbocycles. The number of nitrogens with one attached hydrogen (secondary N) is 1. The first-order valence-electron chi connectivity index (χ1n) is 5.82. The highest BCUT2D eigenvalue weighted by molar-refractivity contribution is 6.06. The Balaban J connectivity index is 2.36. The number of phenolic OH excluding ortho intramolecular Hbond substituents is 1. The second-order valence-electron chi connectivity index (χ2n) is 4.23. The third kappa shape index (κ3) is 2.59. The number of hydrogen-bond acceptors (Lipinski definition) is 3. The van der Waals surface area contributed by atoms with Gasteiger partial charge in [0, 0.05) is 5.69 Å². The normalized spacial score (nSPS) is 9.85. The summed E-state index contributed by atoms with van der Waals surface area (Å²) in [6, 6.07) is 10.4. The van der Waals surface area contributed by atoms with E-state index < -0.39 is 23.0 Å². The molecule has 0 atom stereocenters. The van der Waals surface area contributed by atoms with Gasteiger partial charge in [0.1, 0.15) is 17.1 Å². The van der Waals surface area contributed by atoms with Gasteiger partial charge in [-0.15, -0.1) is 0 Å². The molecule has 0 bridgehead atoms. The van der Waals surface area contributed by atoms with Crippen LogP contribution in [0.1, 0.15) is 21.5 Å². The molecular weight excluding hydrogens is 259 g/mol. The zero-order chi connectivity index (χ0) is 14.7. The van der Waals surface area contributed by atoms with Gasteiger partial charge < -0.3 is 10.4 Å². The molecule has 1 amide bonds. The molecule has 0 aliphatic rings. The van der Waals surface area contributed by atoms with Crippen molar-refractivity contribution in [2.75, 3.05) is 5.32 Å². The van der Waals surface area contributed by atoms with E-state index in [0.717, 1.165) is 11.6 Å². The van der Waals surface area contributed by atoms with Crippen molar-refractivity contribution in [1.29, 1.82) is 5.26 Å². The molecule has 0 saturated carbocycles. The van der Waals surface area contributed by atoms with Gasteiger partial charge in [-0.1, -0.05) is 12.1 Å². The fourth-order valence-electron chi connectivity index (χ4n) is 1.75. The molecule has 0 radical (unpaired) electrons. The summed E-state index contributed by atoms with van der Waals surface area (Å²) in [6.07, 6.45) is 0. The lowest BCUT2D eigenvalue weighted by atomic mass is 10.1. The van der Waals surface area contributed by atoms with Crippen molar-refractivity contribution in [3.63, 3.8) is 0 Å². The highest BCUT2D eigenvalue weighted by Gasteiger charge is 2.17. The minimum absolute atomic E-state index is 0.378. The number of carbonyl (C=O) groups excluding carboxylic acids is 1. The summed E-state index contributed by atoms with van der Waals surface area (Å²) in [5.74, 6) is -2.01. The zero-order valence-corrected chi connectivity index (χ0v) is 10.6. The Morgan fingerprint density at radius 3 is 2.75 bits per heavy atom. The molecule has 2 aromatic carbocycles. The molecule has 5 heteroatoms. The first-order chi connectivity index (χ1) is 9.52. The zero-order valence-electron chi connectivity index (χ0n) is 10.6. The standard InChI is InChI=1S/C15H11FN2O2/c1-9-5-6-10(8-17)7-12(9)18-15(20)14-11(16)3-2-4-13(14)19/h2-7,19H,1H3,(H,18,20). The van der Waals surface area contributed by atoms with Gasteiger partial charge in [-0.3, -0.25) is 4.79 Å². The molecule has 2 rings (SSSR count). The molecule has 0 spiro atoms.